The zero-order valence-corrected chi connectivity index (χ0v) is 21.5. The van der Waals surface area contributed by atoms with Gasteiger partial charge >= 0.3 is 12.2 Å². The number of hydrogen-bond acceptors (Lipinski definition) is 6. The third-order valence-corrected chi connectivity index (χ3v) is 5.10. The fourth-order valence-corrected chi connectivity index (χ4v) is 3.33. The summed E-state index contributed by atoms with van der Waals surface area (Å²) in [6.45, 7) is 5.50. The Bertz CT molecular complexity index is 1020. The van der Waals surface area contributed by atoms with Crippen LogP contribution in [0.5, 0.6) is 0 Å². The van der Waals surface area contributed by atoms with E-state index in [0.29, 0.717) is 6.42 Å². The molecule has 2 aromatic carbocycles. The minimum absolute atomic E-state index is 0.0269. The summed E-state index contributed by atoms with van der Waals surface area (Å²) in [6.07, 6.45) is -0.661. The van der Waals surface area contributed by atoms with Gasteiger partial charge in [0.2, 0.25) is 11.8 Å². The average Bonchev–Trinajstić information content (AvgIpc) is 2.84. The van der Waals surface area contributed by atoms with Crippen molar-refractivity contribution in [2.45, 2.75) is 64.3 Å². The Morgan fingerprint density at radius 1 is 0.838 bits per heavy atom. The molecule has 0 saturated heterocycles. The molecule has 5 N–H and O–H groups in total. The number of carbonyl (C=O) groups is 4. The van der Waals surface area contributed by atoms with Crippen LogP contribution >= 0.6 is 0 Å². The van der Waals surface area contributed by atoms with Gasteiger partial charge in [0, 0.05) is 13.0 Å². The van der Waals surface area contributed by atoms with Crippen LogP contribution in [0.1, 0.15) is 44.7 Å². The largest absolute Gasteiger partial charge is 0.445 e. The number of amides is 4. The normalized spacial score (nSPS) is 12.5. The van der Waals surface area contributed by atoms with E-state index in [4.69, 9.17) is 15.2 Å². The zero-order valence-electron chi connectivity index (χ0n) is 21.5. The number of nitrogens with one attached hydrogen (secondary N) is 3. The van der Waals surface area contributed by atoms with E-state index in [9.17, 15) is 19.2 Å². The van der Waals surface area contributed by atoms with Crippen molar-refractivity contribution in [2.24, 2.45) is 5.73 Å². The van der Waals surface area contributed by atoms with Gasteiger partial charge in [-0.05, 0) is 44.7 Å². The van der Waals surface area contributed by atoms with E-state index >= 15 is 0 Å². The van der Waals surface area contributed by atoms with Crippen molar-refractivity contribution in [3.05, 3.63) is 71.8 Å². The number of benzene rings is 2. The molecule has 200 valence electrons. The van der Waals surface area contributed by atoms with E-state index in [2.05, 4.69) is 16.0 Å². The van der Waals surface area contributed by atoms with Crippen molar-refractivity contribution in [1.82, 2.24) is 16.0 Å². The van der Waals surface area contributed by atoms with E-state index < -0.39 is 41.7 Å². The Labute approximate surface area is 217 Å². The summed E-state index contributed by atoms with van der Waals surface area (Å²) in [5, 5.41) is 7.80. The number of nitrogens with two attached hydrogens (primary N) is 1. The van der Waals surface area contributed by atoms with Crippen LogP contribution < -0.4 is 21.7 Å². The summed E-state index contributed by atoms with van der Waals surface area (Å²) >= 11 is 0. The number of alkyl carbamates (subject to hydrolysis) is 2. The predicted molar refractivity (Wildman–Crippen MR) is 138 cm³/mol. The van der Waals surface area contributed by atoms with Gasteiger partial charge in [-0.1, -0.05) is 60.7 Å². The zero-order chi connectivity index (χ0) is 27.3. The molecule has 0 fully saturated rings. The van der Waals surface area contributed by atoms with Crippen molar-refractivity contribution in [2.75, 3.05) is 6.54 Å². The van der Waals surface area contributed by atoms with E-state index in [0.717, 1.165) is 11.1 Å². The number of hydrogen-bond donors (Lipinski definition) is 4. The Morgan fingerprint density at radius 2 is 1.43 bits per heavy atom. The molecule has 2 aromatic rings. The highest BCUT2D eigenvalue weighted by molar-refractivity contribution is 5.90. The van der Waals surface area contributed by atoms with Crippen LogP contribution in [0.4, 0.5) is 9.59 Å². The van der Waals surface area contributed by atoms with Gasteiger partial charge in [0.05, 0.1) is 0 Å². The number of rotatable bonds is 12. The van der Waals surface area contributed by atoms with Gasteiger partial charge in [-0.15, -0.1) is 0 Å². The van der Waals surface area contributed by atoms with Crippen molar-refractivity contribution in [1.29, 1.82) is 0 Å². The topological polar surface area (TPSA) is 149 Å². The van der Waals surface area contributed by atoms with E-state index in [1.165, 1.54) is 0 Å². The molecular weight excluding hydrogens is 476 g/mol. The summed E-state index contributed by atoms with van der Waals surface area (Å²) in [5.74, 6) is -1.29. The van der Waals surface area contributed by atoms with Gasteiger partial charge in [0.15, 0.2) is 0 Å². The first-order valence-electron chi connectivity index (χ1n) is 12.1. The molecule has 10 heteroatoms. The smallest absolute Gasteiger partial charge is 0.408 e. The molecular formula is C27H36N4O6. The Morgan fingerprint density at radius 3 is 2.00 bits per heavy atom. The van der Waals surface area contributed by atoms with Crippen molar-refractivity contribution < 1.29 is 28.7 Å². The number of ether oxygens (including phenoxy) is 2. The third kappa shape index (κ3) is 11.9. The van der Waals surface area contributed by atoms with Gasteiger partial charge in [0.1, 0.15) is 24.3 Å². The molecule has 2 rings (SSSR count). The molecule has 2 unspecified atom stereocenters. The van der Waals surface area contributed by atoms with Crippen molar-refractivity contribution in [3.8, 4) is 0 Å². The SMILES string of the molecule is CC(C)(C)OC(=O)NCCCC(NC(=O)OCc1ccccc1)C(=O)NC(Cc1ccccc1)C(N)=O. The lowest BCUT2D eigenvalue weighted by Gasteiger charge is -2.22. The maximum atomic E-state index is 13.1. The minimum atomic E-state index is -1.03. The molecule has 4 amide bonds. The van der Waals surface area contributed by atoms with E-state index in [1.807, 2.05) is 48.5 Å². The molecule has 0 bridgehead atoms. The quantitative estimate of drug-likeness (QED) is 0.321. The van der Waals surface area contributed by atoms with Crippen LogP contribution in [0.25, 0.3) is 0 Å². The first-order valence-corrected chi connectivity index (χ1v) is 12.1. The van der Waals surface area contributed by atoms with Gasteiger partial charge in [-0.25, -0.2) is 9.59 Å². The van der Waals surface area contributed by atoms with Crippen LogP contribution in [0.15, 0.2) is 60.7 Å². The molecule has 0 heterocycles. The van der Waals surface area contributed by atoms with Gasteiger partial charge in [0.25, 0.3) is 0 Å². The summed E-state index contributed by atoms with van der Waals surface area (Å²) in [7, 11) is 0. The van der Waals surface area contributed by atoms with E-state index in [-0.39, 0.29) is 26.0 Å². The second-order valence-corrected chi connectivity index (χ2v) is 9.48. The number of primary amides is 1. The first kappa shape index (κ1) is 29.2. The fourth-order valence-electron chi connectivity index (χ4n) is 3.33. The Kier molecular flexibility index (Phi) is 11.4. The van der Waals surface area contributed by atoms with Crippen molar-refractivity contribution >= 4 is 24.0 Å². The summed E-state index contributed by atoms with van der Waals surface area (Å²) in [5.41, 5.74) is 6.49. The van der Waals surface area contributed by atoms with Crippen LogP contribution in [0.2, 0.25) is 0 Å². The summed E-state index contributed by atoms with van der Waals surface area (Å²) in [4.78, 5) is 49.4. The first-order chi connectivity index (χ1) is 17.5. The molecule has 0 aliphatic heterocycles. The predicted octanol–water partition coefficient (Wildman–Crippen LogP) is 2.80. The molecule has 37 heavy (non-hydrogen) atoms. The maximum Gasteiger partial charge on any atom is 0.408 e. The molecule has 0 radical (unpaired) electrons. The van der Waals surface area contributed by atoms with Gasteiger partial charge < -0.3 is 31.2 Å². The monoisotopic (exact) mass is 512 g/mol. The van der Waals surface area contributed by atoms with Crippen molar-refractivity contribution in [3.63, 3.8) is 0 Å². The fraction of sp³-hybridized carbons (Fsp3) is 0.407. The highest BCUT2D eigenvalue weighted by Gasteiger charge is 2.26. The third-order valence-electron chi connectivity index (χ3n) is 5.10. The van der Waals surface area contributed by atoms with E-state index in [1.54, 1.807) is 32.9 Å². The molecule has 0 spiro atoms. The summed E-state index contributed by atoms with van der Waals surface area (Å²) < 4.78 is 10.4. The summed E-state index contributed by atoms with van der Waals surface area (Å²) in [6, 6.07) is 16.2. The minimum Gasteiger partial charge on any atom is -0.445 e. The molecule has 0 aliphatic carbocycles. The lowest BCUT2D eigenvalue weighted by atomic mass is 10.0. The second kappa shape index (κ2) is 14.5. The second-order valence-electron chi connectivity index (χ2n) is 9.48. The van der Waals surface area contributed by atoms with Crippen LogP contribution in [-0.2, 0) is 32.1 Å². The lowest BCUT2D eigenvalue weighted by Crippen LogP contribution is -2.53. The molecule has 10 nitrogen and oxygen atoms in total. The molecule has 2 atom stereocenters. The average molecular weight is 513 g/mol. The van der Waals surface area contributed by atoms with Crippen LogP contribution in [-0.4, -0.2) is 48.2 Å². The molecule has 0 aromatic heterocycles. The standard InChI is InChI=1S/C27H36N4O6/c1-27(2,3)37-25(34)29-16-10-15-21(31-26(35)36-18-20-13-8-5-9-14-20)24(33)30-22(23(28)32)17-19-11-6-4-7-12-19/h4-9,11-14,21-22H,10,15-18H2,1-3H3,(H2,28,32)(H,29,34)(H,30,33)(H,31,35). The maximum absolute atomic E-state index is 13.1. The van der Waals surface area contributed by atoms with Gasteiger partial charge in [-0.2, -0.15) is 0 Å². The molecule has 0 saturated carbocycles. The van der Waals surface area contributed by atoms with Crippen LogP contribution in [0.3, 0.4) is 0 Å². The Balaban J connectivity index is 1.99. The lowest BCUT2D eigenvalue weighted by molar-refractivity contribution is -0.128. The number of carbonyl (C=O) groups excluding carboxylic acids is 4. The van der Waals surface area contributed by atoms with Gasteiger partial charge in [-0.3, -0.25) is 9.59 Å². The molecule has 0 aliphatic rings. The highest BCUT2D eigenvalue weighted by atomic mass is 16.6. The highest BCUT2D eigenvalue weighted by Crippen LogP contribution is 2.08. The Hall–Kier alpha value is -4.08. The van der Waals surface area contributed by atoms with Crippen LogP contribution in [0, 0.1) is 0 Å².